The molecule has 16 nitrogen and oxygen atoms in total. The molecule has 4 aliphatic heterocycles. The second-order valence-corrected chi connectivity index (χ2v) is 18.4. The number of carbonyl (C=O) groups is 4. The predicted molar refractivity (Wildman–Crippen MR) is 230 cm³/mol. The zero-order chi connectivity index (χ0) is 43.5. The molecule has 2 aromatic heterocycles. The van der Waals surface area contributed by atoms with Crippen molar-refractivity contribution in [3.8, 4) is 23.1 Å². The third kappa shape index (κ3) is 8.20. The number of rotatable bonds is 9. The molecule has 4 saturated heterocycles. The summed E-state index contributed by atoms with van der Waals surface area (Å²) in [7, 11) is 1.29. The molecule has 0 bridgehead atoms. The molecule has 4 amide bonds. The number of hydrogen-bond acceptors (Lipinski definition) is 9. The highest BCUT2D eigenvalue weighted by molar-refractivity contribution is 6.32. The molecule has 2 saturated carbocycles. The number of carbonyl (C=O) groups excluding carboxylic acids is 3. The van der Waals surface area contributed by atoms with E-state index in [0.29, 0.717) is 92.1 Å². The average molecular weight is 900 g/mol. The van der Waals surface area contributed by atoms with Crippen molar-refractivity contribution in [3.05, 3.63) is 69.6 Å². The molecule has 0 unspecified atom stereocenters. The fourth-order valence-corrected chi connectivity index (χ4v) is 10.9. The fourth-order valence-electron chi connectivity index (χ4n) is 10.5. The van der Waals surface area contributed by atoms with Gasteiger partial charge in [0.15, 0.2) is 10.3 Å². The van der Waals surface area contributed by atoms with E-state index in [1.807, 2.05) is 46.2 Å². The number of amides is 4. The van der Waals surface area contributed by atoms with E-state index in [1.165, 1.54) is 7.11 Å². The van der Waals surface area contributed by atoms with E-state index in [4.69, 9.17) is 42.4 Å². The Morgan fingerprint density at radius 2 is 1.32 bits per heavy atom. The van der Waals surface area contributed by atoms with Crippen molar-refractivity contribution in [2.45, 2.75) is 87.6 Å². The Bertz CT molecular complexity index is 2520. The number of nitrogens with one attached hydrogen (secondary N) is 4. The number of aromatic amines is 2. The van der Waals surface area contributed by atoms with Crippen LogP contribution in [0.2, 0.25) is 10.3 Å². The Balaban J connectivity index is 0.846. The third-order valence-electron chi connectivity index (χ3n) is 13.9. The number of methoxy groups -OCH3 is 1. The molecule has 63 heavy (non-hydrogen) atoms. The van der Waals surface area contributed by atoms with Gasteiger partial charge in [0.2, 0.25) is 11.8 Å². The number of ether oxygens (including phenoxy) is 3. The smallest absolute Gasteiger partial charge is 0.407 e. The molecule has 8 atom stereocenters. The van der Waals surface area contributed by atoms with Crippen molar-refractivity contribution in [1.29, 1.82) is 0 Å². The van der Waals surface area contributed by atoms with Gasteiger partial charge in [-0.05, 0) is 110 Å². The number of halogens is 2. The second kappa shape index (κ2) is 17.0. The summed E-state index contributed by atoms with van der Waals surface area (Å²) < 4.78 is 15.9. The molecule has 2 aliphatic carbocycles. The zero-order valence-electron chi connectivity index (χ0n) is 34.6. The van der Waals surface area contributed by atoms with Crippen LogP contribution in [-0.4, -0.2) is 117 Å². The molecular weight excluding hydrogens is 851 g/mol. The Kier molecular flexibility index (Phi) is 11.2. The van der Waals surface area contributed by atoms with Gasteiger partial charge in [-0.3, -0.25) is 9.59 Å². The predicted octanol–water partition coefficient (Wildman–Crippen LogP) is 6.20. The number of fused-ring (bicyclic) bond motifs is 3. The second-order valence-electron chi connectivity index (χ2n) is 17.7. The van der Waals surface area contributed by atoms with E-state index >= 15 is 0 Å². The quantitative estimate of drug-likeness (QED) is 0.120. The minimum Gasteiger partial charge on any atom is -0.465 e. The lowest BCUT2D eigenvalue weighted by molar-refractivity contribution is -0.138. The van der Waals surface area contributed by atoms with Gasteiger partial charge in [0.25, 0.3) is 0 Å². The van der Waals surface area contributed by atoms with Gasteiger partial charge in [-0.15, -0.1) is 0 Å². The van der Waals surface area contributed by atoms with Crippen molar-refractivity contribution in [3.63, 3.8) is 0 Å². The van der Waals surface area contributed by atoms with Crippen LogP contribution in [0.15, 0.2) is 36.4 Å². The fraction of sp³-hybridized carbons (Fsp3) is 0.511. The minimum absolute atomic E-state index is 0.0504. The number of alkyl carbamates (subject to hydrolysis) is 1. The average Bonchev–Trinajstić information content (AvgIpc) is 4.01. The molecular formula is C45H48Cl2N8O8. The minimum atomic E-state index is -1.22. The van der Waals surface area contributed by atoms with Gasteiger partial charge in [-0.1, -0.05) is 47.3 Å². The van der Waals surface area contributed by atoms with Gasteiger partial charge in [0.1, 0.15) is 29.4 Å². The number of benzene rings is 2. The molecule has 6 aliphatic rings. The molecule has 6 fully saturated rings. The van der Waals surface area contributed by atoms with Crippen LogP contribution in [0.3, 0.4) is 0 Å². The maximum absolute atomic E-state index is 14.2. The summed E-state index contributed by atoms with van der Waals surface area (Å²) in [6, 6.07) is 9.73. The number of H-pyrrole nitrogens is 2. The maximum Gasteiger partial charge on any atom is 0.407 e. The Morgan fingerprint density at radius 1 is 0.762 bits per heavy atom. The highest BCUT2D eigenvalue weighted by Gasteiger charge is 2.58. The standard InChI is InChI=1S/C45H48Cl2N8O8/c1-61-45(60)51-37(24-10-14-63-15-11-24)43(57)54-31-18-28(31)20-33(54)40-48-30(38(46)52-40)7-3-22-2-4-26-17-27(6-5-25(26)16-22)35-39(47)53-41(49-35)34-21-29-19-32(29)55(34)42(56)36(50-44(58)59)23-8-12-62-13-9-23/h2,4-6,16-17,23-24,28-29,31-34,36-37,50H,8-15,18-21H2,1H3,(H,48,52)(H,49,53)(H,51,60)(H,58,59)/t28-,29-,31-,32-,33+,34+,36+,37+/m1/s1. The van der Waals surface area contributed by atoms with Crippen LogP contribution in [0.4, 0.5) is 9.59 Å². The van der Waals surface area contributed by atoms with Gasteiger partial charge in [0.05, 0.1) is 24.9 Å². The molecule has 2 aromatic carbocycles. The Labute approximate surface area is 373 Å². The first-order valence-electron chi connectivity index (χ1n) is 21.8. The van der Waals surface area contributed by atoms with Crippen LogP contribution in [0.25, 0.3) is 22.0 Å². The van der Waals surface area contributed by atoms with Crippen LogP contribution in [0.1, 0.15) is 86.4 Å². The van der Waals surface area contributed by atoms with Crippen LogP contribution < -0.4 is 10.6 Å². The highest BCUT2D eigenvalue weighted by atomic mass is 35.5. The van der Waals surface area contributed by atoms with Crippen molar-refractivity contribution >= 4 is 58.0 Å². The largest absolute Gasteiger partial charge is 0.465 e. The number of carboxylic acid groups (broad SMARTS) is 1. The number of aromatic nitrogens is 4. The number of hydrogen-bond donors (Lipinski definition) is 5. The molecule has 10 rings (SSSR count). The molecule has 4 aromatic rings. The van der Waals surface area contributed by atoms with Crippen LogP contribution in [0, 0.1) is 35.5 Å². The topological polar surface area (TPSA) is 204 Å². The molecule has 0 spiro atoms. The van der Waals surface area contributed by atoms with Gasteiger partial charge in [-0.25, -0.2) is 19.6 Å². The van der Waals surface area contributed by atoms with Crippen LogP contribution >= 0.6 is 23.2 Å². The molecule has 0 radical (unpaired) electrons. The normalized spacial score (nSPS) is 26.3. The van der Waals surface area contributed by atoms with Crippen LogP contribution in [-0.2, 0) is 23.8 Å². The zero-order valence-corrected chi connectivity index (χ0v) is 36.1. The summed E-state index contributed by atoms with van der Waals surface area (Å²) in [4.78, 5) is 72.3. The summed E-state index contributed by atoms with van der Waals surface area (Å²) in [6.45, 7) is 2.05. The third-order valence-corrected chi connectivity index (χ3v) is 14.5. The summed E-state index contributed by atoms with van der Waals surface area (Å²) in [6.07, 6.45) is 3.96. The van der Waals surface area contributed by atoms with E-state index in [0.717, 1.165) is 47.6 Å². The summed E-state index contributed by atoms with van der Waals surface area (Å²) in [5.74, 6) is 7.64. The SMILES string of the molecule is COC(=O)N[C@H](C(=O)N1[C@@H]2C[C@@H]2C[C@H]1c1nc(Cl)c(C#Cc2ccc3cc(-c4[nH]c([C@@H]5C[C@H]6C[C@H]6N5C(=O)[C@@H](NC(=O)O)C5CCOCC5)nc4Cl)ccc3c2)[nH]1)C1CCOCC1. The molecule has 5 N–H and O–H groups in total. The summed E-state index contributed by atoms with van der Waals surface area (Å²) >= 11 is 13.4. The molecule has 330 valence electrons. The first kappa shape index (κ1) is 41.7. The van der Waals surface area contributed by atoms with Crippen molar-refractivity contribution in [1.82, 2.24) is 40.4 Å². The van der Waals surface area contributed by atoms with Crippen molar-refractivity contribution in [2.75, 3.05) is 33.5 Å². The lowest BCUT2D eigenvalue weighted by Gasteiger charge is -2.35. The van der Waals surface area contributed by atoms with Gasteiger partial charge >= 0.3 is 12.2 Å². The summed E-state index contributed by atoms with van der Waals surface area (Å²) in [5, 5.41) is 17.4. The Hall–Kier alpha value is -5.34. The number of nitrogens with zero attached hydrogens (tertiary/aromatic N) is 4. The first-order valence-corrected chi connectivity index (χ1v) is 22.5. The molecule has 18 heteroatoms. The van der Waals surface area contributed by atoms with Crippen LogP contribution in [0.5, 0.6) is 0 Å². The highest BCUT2D eigenvalue weighted by Crippen LogP contribution is 2.55. The van der Waals surface area contributed by atoms with Crippen molar-refractivity contribution in [2.24, 2.45) is 23.7 Å². The Morgan fingerprint density at radius 3 is 1.92 bits per heavy atom. The van der Waals surface area contributed by atoms with E-state index in [9.17, 15) is 24.3 Å². The first-order chi connectivity index (χ1) is 30.5. The molecule has 6 heterocycles. The van der Waals surface area contributed by atoms with E-state index in [2.05, 4.69) is 37.4 Å². The number of likely N-dealkylation sites (tertiary alicyclic amines) is 2. The summed E-state index contributed by atoms with van der Waals surface area (Å²) in [5.41, 5.74) is 2.68. The van der Waals surface area contributed by atoms with E-state index < -0.39 is 24.3 Å². The van der Waals surface area contributed by atoms with Gasteiger partial charge in [-0.2, -0.15) is 0 Å². The number of imidazole rings is 2. The monoisotopic (exact) mass is 898 g/mol. The van der Waals surface area contributed by atoms with E-state index in [1.54, 1.807) is 0 Å². The van der Waals surface area contributed by atoms with Gasteiger partial charge in [0, 0.05) is 49.6 Å². The van der Waals surface area contributed by atoms with Gasteiger partial charge < -0.3 is 49.7 Å². The van der Waals surface area contributed by atoms with Crippen molar-refractivity contribution < 1.29 is 38.5 Å². The van der Waals surface area contributed by atoms with E-state index in [-0.39, 0.29) is 53.0 Å². The maximum atomic E-state index is 14.2. The lowest BCUT2D eigenvalue weighted by Crippen LogP contribution is -2.54. The lowest BCUT2D eigenvalue weighted by atomic mass is 9.90. The number of piperidine rings is 2.